The summed E-state index contributed by atoms with van der Waals surface area (Å²) in [6.07, 6.45) is 0.557. The van der Waals surface area contributed by atoms with Crippen LogP contribution in [0.2, 0.25) is 0 Å². The van der Waals surface area contributed by atoms with Crippen molar-refractivity contribution in [2.24, 2.45) is 0 Å². The molecule has 0 spiro atoms. The van der Waals surface area contributed by atoms with Gasteiger partial charge in [-0.1, -0.05) is 0 Å². The van der Waals surface area contributed by atoms with Crippen molar-refractivity contribution in [2.45, 2.75) is 12.8 Å². The third-order valence-electron chi connectivity index (χ3n) is 1.64. The molecule has 1 rings (SSSR count). The minimum absolute atomic E-state index is 0.0967. The smallest absolute Gasteiger partial charge is 0.303 e. The number of hydrogen-bond acceptors (Lipinski definition) is 2. The third-order valence-corrected chi connectivity index (χ3v) is 2.69. The Hall–Kier alpha value is -0.780. The number of carboxylic acids is 1. The Bertz CT molecular complexity index is 323. The van der Waals surface area contributed by atoms with Gasteiger partial charge in [0.2, 0.25) is 0 Å². The fourth-order valence-electron chi connectivity index (χ4n) is 0.994. The van der Waals surface area contributed by atoms with Gasteiger partial charge in [-0.2, -0.15) is 0 Å². The van der Waals surface area contributed by atoms with Gasteiger partial charge in [-0.25, -0.2) is 0 Å². The quantitative estimate of drug-likeness (QED) is 0.838. The van der Waals surface area contributed by atoms with Gasteiger partial charge in [0.05, 0.1) is 0 Å². The molecule has 70 valence electrons. The zero-order valence-corrected chi connectivity index (χ0v) is 8.98. The topological polar surface area (TPSA) is 57.5 Å². The number of carbonyl (C=O) groups is 1. The van der Waals surface area contributed by atoms with Crippen LogP contribution in [0, 0.1) is 3.57 Å². The van der Waals surface area contributed by atoms with Crippen LogP contribution in [0.15, 0.2) is 18.2 Å². The monoisotopic (exact) mass is 292 g/mol. The van der Waals surface area contributed by atoms with Crippen molar-refractivity contribution in [3.8, 4) is 5.75 Å². The van der Waals surface area contributed by atoms with E-state index in [9.17, 15) is 4.79 Å². The van der Waals surface area contributed by atoms with E-state index < -0.39 is 5.97 Å². The minimum atomic E-state index is -0.820. The number of halogens is 1. The number of aromatic hydroxyl groups is 1. The highest BCUT2D eigenvalue weighted by atomic mass is 127. The maximum atomic E-state index is 10.3. The van der Waals surface area contributed by atoms with E-state index in [-0.39, 0.29) is 12.2 Å². The van der Waals surface area contributed by atoms with E-state index in [0.717, 1.165) is 9.13 Å². The van der Waals surface area contributed by atoms with E-state index in [1.807, 2.05) is 0 Å². The first-order valence-electron chi connectivity index (χ1n) is 3.79. The van der Waals surface area contributed by atoms with Crippen LogP contribution in [0.3, 0.4) is 0 Å². The average Bonchev–Trinajstić information content (AvgIpc) is 2.06. The second-order valence-electron chi connectivity index (χ2n) is 2.67. The number of phenols is 1. The Morgan fingerprint density at radius 1 is 1.46 bits per heavy atom. The van der Waals surface area contributed by atoms with Crippen LogP contribution in [-0.4, -0.2) is 16.2 Å². The molecule has 0 aliphatic heterocycles. The van der Waals surface area contributed by atoms with Crippen molar-refractivity contribution in [1.29, 1.82) is 0 Å². The Morgan fingerprint density at radius 2 is 2.15 bits per heavy atom. The summed E-state index contributed by atoms with van der Waals surface area (Å²) in [6, 6.07) is 4.96. The first kappa shape index (κ1) is 10.3. The van der Waals surface area contributed by atoms with Crippen molar-refractivity contribution in [2.75, 3.05) is 0 Å². The van der Waals surface area contributed by atoms with Gasteiger partial charge < -0.3 is 10.2 Å². The predicted molar refractivity (Wildman–Crippen MR) is 56.8 cm³/mol. The molecule has 1 aromatic rings. The molecule has 0 atom stereocenters. The number of aliphatic carboxylic acids is 1. The molecule has 0 aromatic heterocycles. The summed E-state index contributed by atoms with van der Waals surface area (Å²) >= 11 is 2.12. The molecule has 1 aromatic carbocycles. The van der Waals surface area contributed by atoms with Gasteiger partial charge in [-0.05, 0) is 52.8 Å². The Kier molecular flexibility index (Phi) is 3.53. The highest BCUT2D eigenvalue weighted by Crippen LogP contribution is 2.19. The first-order valence-corrected chi connectivity index (χ1v) is 4.86. The summed E-state index contributed by atoms with van der Waals surface area (Å²) < 4.78 is 0.983. The normalized spacial score (nSPS) is 9.92. The summed E-state index contributed by atoms with van der Waals surface area (Å²) in [5, 5.41) is 17.6. The van der Waals surface area contributed by atoms with Gasteiger partial charge in [0.1, 0.15) is 5.75 Å². The minimum Gasteiger partial charge on any atom is -0.508 e. The Balaban J connectivity index is 2.75. The van der Waals surface area contributed by atoms with E-state index in [1.165, 1.54) is 0 Å². The third kappa shape index (κ3) is 3.22. The summed E-state index contributed by atoms with van der Waals surface area (Å²) in [5.41, 5.74) is 0.878. The molecule has 0 radical (unpaired) electrons. The van der Waals surface area contributed by atoms with Gasteiger partial charge >= 0.3 is 5.97 Å². The fraction of sp³-hybridized carbons (Fsp3) is 0.222. The summed E-state index contributed by atoms with van der Waals surface area (Å²) in [7, 11) is 0. The fourth-order valence-corrected chi connectivity index (χ4v) is 1.60. The highest BCUT2D eigenvalue weighted by molar-refractivity contribution is 14.1. The molecule has 0 saturated carbocycles. The summed E-state index contributed by atoms with van der Waals surface area (Å²) in [5.74, 6) is -0.639. The Labute approximate surface area is 89.5 Å². The lowest BCUT2D eigenvalue weighted by atomic mass is 10.1. The van der Waals surface area contributed by atoms with Gasteiger partial charge in [0.25, 0.3) is 0 Å². The molecule has 4 heteroatoms. The lowest BCUT2D eigenvalue weighted by Crippen LogP contribution is -1.98. The van der Waals surface area contributed by atoms with Gasteiger partial charge in [-0.15, -0.1) is 0 Å². The molecular formula is C9H9IO3. The van der Waals surface area contributed by atoms with Crippen molar-refractivity contribution >= 4 is 28.6 Å². The molecule has 2 N–H and O–H groups in total. The zero-order chi connectivity index (χ0) is 9.84. The van der Waals surface area contributed by atoms with E-state index in [1.54, 1.807) is 18.2 Å². The molecule has 0 unspecified atom stereocenters. The number of phenolic OH excluding ortho intramolecular Hbond substituents is 1. The molecule has 13 heavy (non-hydrogen) atoms. The molecule has 0 saturated heterocycles. The van der Waals surface area contributed by atoms with E-state index in [0.29, 0.717) is 6.42 Å². The van der Waals surface area contributed by atoms with Crippen LogP contribution < -0.4 is 0 Å². The number of carboxylic acid groups (broad SMARTS) is 1. The summed E-state index contributed by atoms with van der Waals surface area (Å²) in [6.45, 7) is 0. The van der Waals surface area contributed by atoms with Crippen LogP contribution in [0.25, 0.3) is 0 Å². The SMILES string of the molecule is O=C(O)CCc1cc(O)ccc1I. The lowest BCUT2D eigenvalue weighted by Gasteiger charge is -2.02. The largest absolute Gasteiger partial charge is 0.508 e. The lowest BCUT2D eigenvalue weighted by molar-refractivity contribution is -0.136. The van der Waals surface area contributed by atoms with E-state index >= 15 is 0 Å². The van der Waals surface area contributed by atoms with Crippen LogP contribution in [-0.2, 0) is 11.2 Å². The van der Waals surface area contributed by atoms with Crippen LogP contribution in [0.1, 0.15) is 12.0 Å². The zero-order valence-electron chi connectivity index (χ0n) is 6.83. The van der Waals surface area contributed by atoms with E-state index in [4.69, 9.17) is 10.2 Å². The van der Waals surface area contributed by atoms with Crippen LogP contribution in [0.4, 0.5) is 0 Å². The van der Waals surface area contributed by atoms with Crippen LogP contribution >= 0.6 is 22.6 Å². The highest BCUT2D eigenvalue weighted by Gasteiger charge is 2.03. The molecule has 0 bridgehead atoms. The maximum Gasteiger partial charge on any atom is 0.303 e. The molecule has 0 aliphatic carbocycles. The van der Waals surface area contributed by atoms with Gasteiger partial charge in [0.15, 0.2) is 0 Å². The molecule has 3 nitrogen and oxygen atoms in total. The van der Waals surface area contributed by atoms with Crippen molar-refractivity contribution in [3.05, 3.63) is 27.3 Å². The number of aryl methyl sites for hydroxylation is 1. The van der Waals surface area contributed by atoms with Gasteiger partial charge in [-0.3, -0.25) is 4.79 Å². The summed E-state index contributed by atoms with van der Waals surface area (Å²) in [4.78, 5) is 10.3. The van der Waals surface area contributed by atoms with Gasteiger partial charge in [0, 0.05) is 9.99 Å². The number of benzene rings is 1. The number of rotatable bonds is 3. The molecule has 0 amide bonds. The standard InChI is InChI=1S/C9H9IO3/c10-8-3-2-7(11)5-6(8)1-4-9(12)13/h2-3,5,11H,1,4H2,(H,12,13). The predicted octanol–water partition coefficient (Wildman–Crippen LogP) is 2.01. The average molecular weight is 292 g/mol. The van der Waals surface area contributed by atoms with E-state index in [2.05, 4.69) is 22.6 Å². The Morgan fingerprint density at radius 3 is 2.77 bits per heavy atom. The van der Waals surface area contributed by atoms with Crippen molar-refractivity contribution in [3.63, 3.8) is 0 Å². The molecular weight excluding hydrogens is 283 g/mol. The molecule has 0 heterocycles. The maximum absolute atomic E-state index is 10.3. The molecule has 0 fully saturated rings. The number of hydrogen-bond donors (Lipinski definition) is 2. The van der Waals surface area contributed by atoms with Crippen LogP contribution in [0.5, 0.6) is 5.75 Å². The molecule has 0 aliphatic rings. The second-order valence-corrected chi connectivity index (χ2v) is 3.83. The second kappa shape index (κ2) is 4.45. The first-order chi connectivity index (χ1) is 6.09. The van der Waals surface area contributed by atoms with Crippen molar-refractivity contribution in [1.82, 2.24) is 0 Å². The van der Waals surface area contributed by atoms with Crippen molar-refractivity contribution < 1.29 is 15.0 Å².